The van der Waals surface area contributed by atoms with Crippen molar-refractivity contribution in [1.29, 1.82) is 0 Å². The second-order valence-corrected chi connectivity index (χ2v) is 9.78. The number of ether oxygens (including phenoxy) is 1. The van der Waals surface area contributed by atoms with Crippen LogP contribution in [0, 0.1) is 5.82 Å². The molecule has 7 nitrogen and oxygen atoms in total. The van der Waals surface area contributed by atoms with Crippen LogP contribution >= 0.6 is 23.1 Å². The molecule has 1 N–H and O–H groups in total. The topological polar surface area (TPSA) is 86.1 Å². The zero-order valence-electron chi connectivity index (χ0n) is 15.2. The third kappa shape index (κ3) is 5.10. The van der Waals surface area contributed by atoms with Crippen molar-refractivity contribution in [2.24, 2.45) is 7.05 Å². The molecule has 150 valence electrons. The van der Waals surface area contributed by atoms with Gasteiger partial charge in [-0.25, -0.2) is 17.5 Å². The van der Waals surface area contributed by atoms with Crippen LogP contribution in [0.3, 0.4) is 0 Å². The highest BCUT2D eigenvalue weighted by Gasteiger charge is 2.23. The summed E-state index contributed by atoms with van der Waals surface area (Å²) in [6.07, 6.45) is 0. The lowest BCUT2D eigenvalue weighted by molar-refractivity contribution is 0.343. The van der Waals surface area contributed by atoms with Crippen molar-refractivity contribution in [2.75, 3.05) is 12.4 Å². The van der Waals surface area contributed by atoms with Gasteiger partial charge in [-0.3, -0.25) is 0 Å². The average molecular weight is 443 g/mol. The van der Waals surface area contributed by atoms with Crippen LogP contribution < -0.4 is 9.46 Å². The summed E-state index contributed by atoms with van der Waals surface area (Å²) < 4.78 is 47.8. The van der Waals surface area contributed by atoms with E-state index in [9.17, 15) is 12.8 Å². The first-order valence-corrected chi connectivity index (χ1v) is 11.7. The normalized spacial score (nSPS) is 12.8. The number of thiophene rings is 1. The van der Waals surface area contributed by atoms with E-state index in [1.165, 1.54) is 23.9 Å². The van der Waals surface area contributed by atoms with E-state index in [2.05, 4.69) is 14.9 Å². The lowest BCUT2D eigenvalue weighted by atomic mass is 10.3. The lowest BCUT2D eigenvalue weighted by Crippen LogP contribution is -2.28. The standard InChI is InChI=1S/C17H19FN4O3S3/c1-12(21-28(23,24)15-4-3-10-26-15)16-19-20-17(22(16)2)27-11-9-25-14-7-5-13(18)6-8-14/h3-8,10,12,21H,9,11H2,1-2H3/t12-/m1/s1. The number of rotatable bonds is 9. The Hall–Kier alpha value is -1.95. The fraction of sp³-hybridized carbons (Fsp3) is 0.294. The van der Waals surface area contributed by atoms with Gasteiger partial charge in [0, 0.05) is 12.8 Å². The van der Waals surface area contributed by atoms with Crippen LogP contribution in [-0.4, -0.2) is 35.5 Å². The number of sulfonamides is 1. The Balaban J connectivity index is 1.55. The molecule has 1 aromatic carbocycles. The number of halogens is 1. The molecule has 0 saturated carbocycles. The minimum Gasteiger partial charge on any atom is -0.493 e. The summed E-state index contributed by atoms with van der Waals surface area (Å²) in [7, 11) is -1.81. The van der Waals surface area contributed by atoms with Crippen molar-refractivity contribution in [1.82, 2.24) is 19.5 Å². The van der Waals surface area contributed by atoms with E-state index < -0.39 is 16.1 Å². The molecule has 28 heavy (non-hydrogen) atoms. The van der Waals surface area contributed by atoms with Crippen LogP contribution in [0.25, 0.3) is 0 Å². The molecule has 0 bridgehead atoms. The van der Waals surface area contributed by atoms with Crippen LogP contribution in [0.2, 0.25) is 0 Å². The van der Waals surface area contributed by atoms with Gasteiger partial charge in [0.05, 0.1) is 12.6 Å². The second kappa shape index (κ2) is 9.03. The summed E-state index contributed by atoms with van der Waals surface area (Å²) in [6.45, 7) is 2.14. The van der Waals surface area contributed by atoms with E-state index in [0.717, 1.165) is 11.3 Å². The minimum absolute atomic E-state index is 0.258. The van der Waals surface area contributed by atoms with Crippen molar-refractivity contribution in [3.8, 4) is 5.75 Å². The molecule has 11 heteroatoms. The van der Waals surface area contributed by atoms with Crippen molar-refractivity contribution < 1.29 is 17.5 Å². The minimum atomic E-state index is -3.59. The van der Waals surface area contributed by atoms with Gasteiger partial charge in [-0.15, -0.1) is 21.5 Å². The van der Waals surface area contributed by atoms with Crippen molar-refractivity contribution in [3.05, 3.63) is 53.4 Å². The van der Waals surface area contributed by atoms with Gasteiger partial charge in [-0.2, -0.15) is 0 Å². The molecule has 0 spiro atoms. The molecule has 2 heterocycles. The van der Waals surface area contributed by atoms with Gasteiger partial charge < -0.3 is 9.30 Å². The molecule has 3 aromatic rings. The second-order valence-electron chi connectivity index (χ2n) is 5.83. The van der Waals surface area contributed by atoms with Crippen LogP contribution in [-0.2, 0) is 17.1 Å². The van der Waals surface area contributed by atoms with Gasteiger partial charge in [0.1, 0.15) is 15.8 Å². The first-order valence-electron chi connectivity index (χ1n) is 8.33. The third-order valence-electron chi connectivity index (χ3n) is 3.74. The number of hydrogen-bond acceptors (Lipinski definition) is 7. The maximum Gasteiger partial charge on any atom is 0.250 e. The zero-order valence-corrected chi connectivity index (χ0v) is 17.7. The van der Waals surface area contributed by atoms with Crippen molar-refractivity contribution in [2.45, 2.75) is 22.3 Å². The zero-order chi connectivity index (χ0) is 20.1. The Kier molecular flexibility index (Phi) is 6.70. The Morgan fingerprint density at radius 3 is 2.71 bits per heavy atom. The van der Waals surface area contributed by atoms with Crippen molar-refractivity contribution >= 4 is 33.1 Å². The molecule has 0 fully saturated rings. The van der Waals surface area contributed by atoms with Gasteiger partial charge in [0.25, 0.3) is 10.0 Å². The molecular formula is C17H19FN4O3S3. The Morgan fingerprint density at radius 1 is 1.29 bits per heavy atom. The van der Waals surface area contributed by atoms with E-state index in [4.69, 9.17) is 4.74 Å². The highest BCUT2D eigenvalue weighted by molar-refractivity contribution is 7.99. The van der Waals surface area contributed by atoms with E-state index >= 15 is 0 Å². The van der Waals surface area contributed by atoms with Crippen LogP contribution in [0.15, 0.2) is 51.1 Å². The van der Waals surface area contributed by atoms with Gasteiger partial charge in [-0.1, -0.05) is 17.8 Å². The molecule has 0 amide bonds. The van der Waals surface area contributed by atoms with E-state index in [1.54, 1.807) is 48.2 Å². The summed E-state index contributed by atoms with van der Waals surface area (Å²) in [6, 6.07) is 8.54. The van der Waals surface area contributed by atoms with Crippen LogP contribution in [0.5, 0.6) is 5.75 Å². The van der Waals surface area contributed by atoms with Gasteiger partial charge in [0.2, 0.25) is 0 Å². The predicted molar refractivity (Wildman–Crippen MR) is 107 cm³/mol. The highest BCUT2D eigenvalue weighted by Crippen LogP contribution is 2.22. The fourth-order valence-corrected chi connectivity index (χ4v) is 5.36. The maximum atomic E-state index is 12.9. The molecule has 0 radical (unpaired) electrons. The fourth-order valence-electron chi connectivity index (χ4n) is 2.41. The largest absolute Gasteiger partial charge is 0.493 e. The molecule has 0 unspecified atom stereocenters. The number of aromatic nitrogens is 3. The summed E-state index contributed by atoms with van der Waals surface area (Å²) >= 11 is 2.60. The van der Waals surface area contributed by atoms with Gasteiger partial charge >= 0.3 is 0 Å². The molecule has 3 rings (SSSR count). The Bertz CT molecular complexity index is 1000. The molecule has 0 saturated heterocycles. The Labute approximate surface area is 171 Å². The third-order valence-corrected chi connectivity index (χ3v) is 7.67. The number of thioether (sulfide) groups is 1. The first kappa shape index (κ1) is 20.8. The Morgan fingerprint density at radius 2 is 2.04 bits per heavy atom. The van der Waals surface area contributed by atoms with Gasteiger partial charge in [-0.05, 0) is 42.6 Å². The smallest absolute Gasteiger partial charge is 0.250 e. The van der Waals surface area contributed by atoms with Crippen LogP contribution in [0.1, 0.15) is 18.8 Å². The highest BCUT2D eigenvalue weighted by atomic mass is 32.2. The van der Waals surface area contributed by atoms with E-state index in [0.29, 0.717) is 29.1 Å². The maximum absolute atomic E-state index is 12.9. The number of hydrogen-bond donors (Lipinski definition) is 1. The molecule has 0 aliphatic heterocycles. The summed E-state index contributed by atoms with van der Waals surface area (Å²) in [5.41, 5.74) is 0. The summed E-state index contributed by atoms with van der Waals surface area (Å²) in [5, 5.41) is 10.6. The average Bonchev–Trinajstić information content (AvgIpc) is 3.31. The predicted octanol–water partition coefficient (Wildman–Crippen LogP) is 3.23. The molecule has 1 atom stereocenters. The summed E-state index contributed by atoms with van der Waals surface area (Å²) in [4.78, 5) is 0. The van der Waals surface area contributed by atoms with Gasteiger partial charge in [0.15, 0.2) is 11.0 Å². The van der Waals surface area contributed by atoms with E-state index in [-0.39, 0.29) is 10.0 Å². The number of nitrogens with one attached hydrogen (secondary N) is 1. The molecule has 0 aliphatic carbocycles. The van der Waals surface area contributed by atoms with Crippen LogP contribution in [0.4, 0.5) is 4.39 Å². The molecule has 0 aliphatic rings. The van der Waals surface area contributed by atoms with Crippen molar-refractivity contribution in [3.63, 3.8) is 0 Å². The first-order chi connectivity index (χ1) is 13.4. The number of nitrogens with zero attached hydrogens (tertiary/aromatic N) is 3. The lowest BCUT2D eigenvalue weighted by Gasteiger charge is -2.13. The SMILES string of the molecule is C[C@@H](NS(=O)(=O)c1cccs1)c1nnc(SCCOc2ccc(F)cc2)n1C. The van der Waals surface area contributed by atoms with E-state index in [1.807, 2.05) is 0 Å². The molecular weight excluding hydrogens is 423 g/mol. The molecule has 2 aromatic heterocycles. The number of benzene rings is 1. The monoisotopic (exact) mass is 442 g/mol. The summed E-state index contributed by atoms with van der Waals surface area (Å²) in [5.74, 6) is 1.41. The quantitative estimate of drug-likeness (QED) is 0.405.